The van der Waals surface area contributed by atoms with Gasteiger partial charge in [0.05, 0.1) is 11.3 Å². The quantitative estimate of drug-likeness (QED) is 0.482. The van der Waals surface area contributed by atoms with Crippen LogP contribution in [0.25, 0.3) is 10.9 Å². The smallest absolute Gasteiger partial charge is 0.135 e. The van der Waals surface area contributed by atoms with Crippen LogP contribution in [0.1, 0.15) is 11.1 Å². The van der Waals surface area contributed by atoms with Gasteiger partial charge in [-0.3, -0.25) is 0 Å². The lowest BCUT2D eigenvalue weighted by Gasteiger charge is -2.09. The van der Waals surface area contributed by atoms with Crippen LogP contribution in [0.2, 0.25) is 0 Å². The van der Waals surface area contributed by atoms with Gasteiger partial charge in [0.1, 0.15) is 24.0 Å². The van der Waals surface area contributed by atoms with Gasteiger partial charge in [-0.2, -0.15) is 5.26 Å². The SMILES string of the molecule is N#Cc1ccccc1Nc1cc(NCCc2c[nH]c3ccccc23)ncn1. The van der Waals surface area contributed by atoms with E-state index < -0.39 is 0 Å². The molecule has 4 aromatic rings. The number of hydrogen-bond acceptors (Lipinski definition) is 5. The van der Waals surface area contributed by atoms with E-state index in [0.29, 0.717) is 11.4 Å². The van der Waals surface area contributed by atoms with E-state index in [4.69, 9.17) is 0 Å². The summed E-state index contributed by atoms with van der Waals surface area (Å²) in [5, 5.41) is 16.9. The van der Waals surface area contributed by atoms with Crippen LogP contribution in [0.5, 0.6) is 0 Å². The fraction of sp³-hybridized carbons (Fsp3) is 0.0952. The zero-order chi connectivity index (χ0) is 18.5. The average molecular weight is 354 g/mol. The lowest BCUT2D eigenvalue weighted by molar-refractivity contribution is 1.01. The Morgan fingerprint density at radius 1 is 1.00 bits per heavy atom. The maximum atomic E-state index is 9.20. The molecule has 2 aromatic carbocycles. The van der Waals surface area contributed by atoms with E-state index in [-0.39, 0.29) is 0 Å². The topological polar surface area (TPSA) is 89.4 Å². The molecule has 0 atom stereocenters. The molecule has 3 N–H and O–H groups in total. The van der Waals surface area contributed by atoms with E-state index in [1.807, 2.05) is 30.3 Å². The van der Waals surface area contributed by atoms with Crippen molar-refractivity contribution in [3.8, 4) is 6.07 Å². The van der Waals surface area contributed by atoms with Gasteiger partial charge in [-0.25, -0.2) is 9.97 Å². The lowest BCUT2D eigenvalue weighted by Crippen LogP contribution is -2.07. The minimum absolute atomic E-state index is 0.574. The van der Waals surface area contributed by atoms with Crippen molar-refractivity contribution < 1.29 is 0 Å². The number of nitrogens with one attached hydrogen (secondary N) is 3. The molecule has 0 saturated heterocycles. The maximum Gasteiger partial charge on any atom is 0.135 e. The van der Waals surface area contributed by atoms with Crippen LogP contribution in [-0.2, 0) is 6.42 Å². The Morgan fingerprint density at radius 3 is 2.74 bits per heavy atom. The summed E-state index contributed by atoms with van der Waals surface area (Å²) in [5.41, 5.74) is 3.72. The predicted molar refractivity (Wildman–Crippen MR) is 107 cm³/mol. The number of H-pyrrole nitrogens is 1. The molecule has 2 aromatic heterocycles. The molecular formula is C21H18N6. The van der Waals surface area contributed by atoms with E-state index in [0.717, 1.165) is 30.0 Å². The van der Waals surface area contributed by atoms with Crippen molar-refractivity contribution in [3.63, 3.8) is 0 Å². The Kier molecular flexibility index (Phi) is 4.66. The van der Waals surface area contributed by atoms with Crippen LogP contribution in [0.4, 0.5) is 17.3 Å². The molecule has 0 aliphatic rings. The van der Waals surface area contributed by atoms with Crippen molar-refractivity contribution in [1.29, 1.82) is 5.26 Å². The van der Waals surface area contributed by atoms with Gasteiger partial charge in [0.25, 0.3) is 0 Å². The van der Waals surface area contributed by atoms with E-state index in [2.05, 4.69) is 56.1 Å². The van der Waals surface area contributed by atoms with Crippen molar-refractivity contribution in [2.24, 2.45) is 0 Å². The molecular weight excluding hydrogens is 336 g/mol. The molecule has 0 amide bonds. The normalized spacial score (nSPS) is 10.5. The highest BCUT2D eigenvalue weighted by atomic mass is 15.1. The third-order valence-corrected chi connectivity index (χ3v) is 4.35. The molecule has 132 valence electrons. The average Bonchev–Trinajstić information content (AvgIpc) is 3.12. The van der Waals surface area contributed by atoms with E-state index >= 15 is 0 Å². The van der Waals surface area contributed by atoms with Crippen LogP contribution in [0.3, 0.4) is 0 Å². The summed E-state index contributed by atoms with van der Waals surface area (Å²) < 4.78 is 0. The minimum atomic E-state index is 0.574. The van der Waals surface area contributed by atoms with Gasteiger partial charge in [-0.15, -0.1) is 0 Å². The van der Waals surface area contributed by atoms with E-state index in [1.165, 1.54) is 17.3 Å². The fourth-order valence-corrected chi connectivity index (χ4v) is 3.01. The van der Waals surface area contributed by atoms with E-state index in [1.54, 1.807) is 6.07 Å². The first-order valence-electron chi connectivity index (χ1n) is 8.70. The van der Waals surface area contributed by atoms with Crippen molar-refractivity contribution >= 4 is 28.2 Å². The number of aromatic amines is 1. The molecule has 0 unspecified atom stereocenters. The Balaban J connectivity index is 1.41. The van der Waals surface area contributed by atoms with Crippen LogP contribution < -0.4 is 10.6 Å². The molecule has 27 heavy (non-hydrogen) atoms. The highest BCUT2D eigenvalue weighted by molar-refractivity contribution is 5.83. The third kappa shape index (κ3) is 3.72. The molecule has 6 nitrogen and oxygen atoms in total. The third-order valence-electron chi connectivity index (χ3n) is 4.35. The summed E-state index contributed by atoms with van der Waals surface area (Å²) in [5.74, 6) is 1.38. The summed E-state index contributed by atoms with van der Waals surface area (Å²) >= 11 is 0. The summed E-state index contributed by atoms with van der Waals surface area (Å²) in [7, 11) is 0. The molecule has 0 bridgehead atoms. The van der Waals surface area contributed by atoms with Crippen LogP contribution in [0.15, 0.2) is 67.1 Å². The van der Waals surface area contributed by atoms with Gasteiger partial charge in [-0.05, 0) is 30.2 Å². The number of fused-ring (bicyclic) bond motifs is 1. The maximum absolute atomic E-state index is 9.20. The summed E-state index contributed by atoms with van der Waals surface area (Å²) in [4.78, 5) is 11.8. The Bertz CT molecular complexity index is 1110. The number of para-hydroxylation sites is 2. The molecule has 2 heterocycles. The van der Waals surface area contributed by atoms with Crippen LogP contribution in [-0.4, -0.2) is 21.5 Å². The summed E-state index contributed by atoms with van der Waals surface area (Å²) in [6.07, 6.45) is 4.44. The Morgan fingerprint density at radius 2 is 1.81 bits per heavy atom. The monoisotopic (exact) mass is 354 g/mol. The van der Waals surface area contributed by atoms with Crippen LogP contribution in [0, 0.1) is 11.3 Å². The molecule has 0 radical (unpaired) electrons. The van der Waals surface area contributed by atoms with Crippen molar-refractivity contribution in [3.05, 3.63) is 78.2 Å². The molecule has 0 fully saturated rings. The number of rotatable bonds is 6. The first-order valence-corrected chi connectivity index (χ1v) is 8.70. The number of nitrogens with zero attached hydrogens (tertiary/aromatic N) is 3. The zero-order valence-electron chi connectivity index (χ0n) is 14.6. The van der Waals surface area contributed by atoms with Gasteiger partial charge < -0.3 is 15.6 Å². The molecule has 0 aliphatic heterocycles. The second-order valence-corrected chi connectivity index (χ2v) is 6.11. The second-order valence-electron chi connectivity index (χ2n) is 6.11. The van der Waals surface area contributed by atoms with Gasteiger partial charge >= 0.3 is 0 Å². The Labute approximate surface area is 156 Å². The summed E-state index contributed by atoms with van der Waals surface area (Å²) in [6.45, 7) is 0.757. The first-order chi connectivity index (χ1) is 13.3. The van der Waals surface area contributed by atoms with Gasteiger partial charge in [0.2, 0.25) is 0 Å². The van der Waals surface area contributed by atoms with Gasteiger partial charge in [-0.1, -0.05) is 30.3 Å². The number of hydrogen-bond donors (Lipinski definition) is 3. The molecule has 4 rings (SSSR count). The number of benzene rings is 2. The van der Waals surface area contributed by atoms with Gasteiger partial charge in [0.15, 0.2) is 0 Å². The van der Waals surface area contributed by atoms with Gasteiger partial charge in [0, 0.05) is 29.7 Å². The molecule has 0 spiro atoms. The Hall–Kier alpha value is -3.85. The van der Waals surface area contributed by atoms with Crippen molar-refractivity contribution in [1.82, 2.24) is 15.0 Å². The molecule has 0 saturated carbocycles. The van der Waals surface area contributed by atoms with Crippen LogP contribution >= 0.6 is 0 Å². The highest BCUT2D eigenvalue weighted by Gasteiger charge is 2.05. The number of anilines is 3. The number of aromatic nitrogens is 3. The fourth-order valence-electron chi connectivity index (χ4n) is 3.01. The van der Waals surface area contributed by atoms with E-state index in [9.17, 15) is 5.26 Å². The standard InChI is InChI=1S/C21H18N6/c22-12-15-5-1-3-7-18(15)27-21-11-20(25-14-26-21)23-10-9-16-13-24-19-8-4-2-6-17(16)19/h1-8,11,13-14,24H,9-10H2,(H2,23,25,26,27). The highest BCUT2D eigenvalue weighted by Crippen LogP contribution is 2.20. The predicted octanol–water partition coefficient (Wildman–Crippen LogP) is 4.23. The lowest BCUT2D eigenvalue weighted by atomic mass is 10.1. The molecule has 6 heteroatoms. The zero-order valence-corrected chi connectivity index (χ0v) is 14.6. The summed E-state index contributed by atoms with van der Waals surface area (Å²) in [6, 6.07) is 19.6. The van der Waals surface area contributed by atoms with Crippen molar-refractivity contribution in [2.75, 3.05) is 17.2 Å². The first kappa shape index (κ1) is 16.6. The van der Waals surface area contributed by atoms with Crippen molar-refractivity contribution in [2.45, 2.75) is 6.42 Å². The second kappa shape index (κ2) is 7.58. The molecule has 0 aliphatic carbocycles. The number of nitriles is 1. The minimum Gasteiger partial charge on any atom is -0.370 e. The largest absolute Gasteiger partial charge is 0.370 e.